The van der Waals surface area contributed by atoms with Crippen LogP contribution >= 0.6 is 12.4 Å². The Balaban J connectivity index is 0.000000135. The van der Waals surface area contributed by atoms with Gasteiger partial charge >= 0.3 is 0 Å². The molecule has 2 saturated carbocycles. The molecule has 8 rings (SSSR count). The number of nitrogens with one attached hydrogen (secondary N) is 3. The Morgan fingerprint density at radius 2 is 1.33 bits per heavy atom. The molecule has 3 aromatic carbocycles. The molecule has 7 nitrogen and oxygen atoms in total. The van der Waals surface area contributed by atoms with Gasteiger partial charge in [-0.15, -0.1) is 12.4 Å². The van der Waals surface area contributed by atoms with Gasteiger partial charge in [0.2, 0.25) is 11.8 Å². The lowest BCUT2D eigenvalue weighted by Crippen LogP contribution is -2.30. The second-order valence-electron chi connectivity index (χ2n) is 12.6. The van der Waals surface area contributed by atoms with Crippen molar-refractivity contribution in [2.75, 3.05) is 13.1 Å². The molecule has 4 atom stereocenters. The fourth-order valence-electron chi connectivity index (χ4n) is 6.78. The molecule has 0 bridgehead atoms. The van der Waals surface area contributed by atoms with E-state index >= 15 is 0 Å². The summed E-state index contributed by atoms with van der Waals surface area (Å²) >= 11 is 0. The number of imide groups is 2. The monoisotopic (exact) mass is 651 g/mol. The number of piperidine rings is 2. The Hall–Kier alpha value is -4.28. The van der Waals surface area contributed by atoms with Crippen LogP contribution in [-0.2, 0) is 30.0 Å². The third kappa shape index (κ3) is 5.76. The van der Waals surface area contributed by atoms with Crippen molar-refractivity contribution in [2.24, 2.45) is 11.8 Å². The average molecular weight is 652 g/mol. The van der Waals surface area contributed by atoms with Crippen LogP contribution in [0.3, 0.4) is 0 Å². The maximum atomic E-state index is 13.8. The third-order valence-electron chi connectivity index (χ3n) is 9.42. The number of carbonyl (C=O) groups is 4. The number of fused-ring (bicyclic) bond motifs is 2. The van der Waals surface area contributed by atoms with Crippen LogP contribution in [0.1, 0.15) is 46.2 Å². The molecular weight excluding hydrogens is 619 g/mol. The van der Waals surface area contributed by atoms with E-state index in [4.69, 9.17) is 0 Å². The SMILES string of the molecule is Cc1ccc(C23CC2C(=O)NC3=O)c(F)c1.Cc1ccc(C23CNCC2C3)c(F)c1.Cc1ccc(C2=CC(=O)NC2=O)c(F)c1.Cl. The van der Waals surface area contributed by atoms with E-state index in [-0.39, 0.29) is 52.5 Å². The molecule has 3 N–H and O–H groups in total. The van der Waals surface area contributed by atoms with Crippen molar-refractivity contribution in [1.29, 1.82) is 0 Å². The molecule has 0 aromatic heterocycles. The lowest BCUT2D eigenvalue weighted by atomic mass is 9.93. The van der Waals surface area contributed by atoms with E-state index < -0.39 is 28.9 Å². The second kappa shape index (κ2) is 12.1. The van der Waals surface area contributed by atoms with E-state index in [9.17, 15) is 32.3 Å². The molecule has 0 spiro atoms. The van der Waals surface area contributed by atoms with Gasteiger partial charge < -0.3 is 5.32 Å². The van der Waals surface area contributed by atoms with Gasteiger partial charge in [-0.1, -0.05) is 36.4 Å². The fourth-order valence-corrected chi connectivity index (χ4v) is 6.78. The smallest absolute Gasteiger partial charge is 0.259 e. The quantitative estimate of drug-likeness (QED) is 0.358. The van der Waals surface area contributed by atoms with Gasteiger partial charge in [-0.25, -0.2) is 13.2 Å². The molecule has 4 unspecified atom stereocenters. The number of carbonyl (C=O) groups excluding carboxylic acids is 4. The number of aryl methyl sites for hydroxylation is 3. The maximum Gasteiger partial charge on any atom is 0.259 e. The zero-order valence-electron chi connectivity index (χ0n) is 25.4. The summed E-state index contributed by atoms with van der Waals surface area (Å²) < 4.78 is 41.0. The second-order valence-corrected chi connectivity index (χ2v) is 12.6. The number of hydrogen-bond acceptors (Lipinski definition) is 5. The minimum atomic E-state index is -0.908. The zero-order chi connectivity index (χ0) is 32.3. The third-order valence-corrected chi connectivity index (χ3v) is 9.42. The van der Waals surface area contributed by atoms with Crippen LogP contribution < -0.4 is 16.0 Å². The Morgan fingerprint density at radius 1 is 0.739 bits per heavy atom. The summed E-state index contributed by atoms with van der Waals surface area (Å²) in [4.78, 5) is 45.2. The van der Waals surface area contributed by atoms with Gasteiger partial charge in [0.05, 0.1) is 16.9 Å². The van der Waals surface area contributed by atoms with Gasteiger partial charge in [0.25, 0.3) is 11.8 Å². The first kappa shape index (κ1) is 33.1. The van der Waals surface area contributed by atoms with Crippen LogP contribution in [0.15, 0.2) is 60.7 Å². The molecule has 46 heavy (non-hydrogen) atoms. The lowest BCUT2D eigenvalue weighted by Gasteiger charge is -2.13. The summed E-state index contributed by atoms with van der Waals surface area (Å²) in [7, 11) is 0. The molecule has 3 aliphatic heterocycles. The molecule has 3 heterocycles. The van der Waals surface area contributed by atoms with E-state index in [1.165, 1.54) is 24.6 Å². The Kier molecular flexibility index (Phi) is 8.74. The number of hydrogen-bond donors (Lipinski definition) is 3. The van der Waals surface area contributed by atoms with E-state index in [0.29, 0.717) is 17.9 Å². The summed E-state index contributed by atoms with van der Waals surface area (Å²) in [5.41, 5.74) is 3.34. The van der Waals surface area contributed by atoms with Crippen molar-refractivity contribution < 1.29 is 32.3 Å². The van der Waals surface area contributed by atoms with Crippen LogP contribution in [0.5, 0.6) is 0 Å². The summed E-state index contributed by atoms with van der Waals surface area (Å²) in [6.07, 6.45) is 2.72. The predicted molar refractivity (Wildman–Crippen MR) is 167 cm³/mol. The van der Waals surface area contributed by atoms with E-state index in [0.717, 1.165) is 41.4 Å². The summed E-state index contributed by atoms with van der Waals surface area (Å²) in [6.45, 7) is 7.49. The van der Waals surface area contributed by atoms with Crippen molar-refractivity contribution >= 4 is 41.6 Å². The van der Waals surface area contributed by atoms with Crippen molar-refractivity contribution in [2.45, 2.75) is 44.4 Å². The van der Waals surface area contributed by atoms with Crippen molar-refractivity contribution in [3.05, 3.63) is 112 Å². The molecule has 5 aliphatic rings. The largest absolute Gasteiger partial charge is 0.316 e. The van der Waals surface area contributed by atoms with Gasteiger partial charge in [0.15, 0.2) is 0 Å². The van der Waals surface area contributed by atoms with Gasteiger partial charge in [-0.05, 0) is 86.5 Å². The Labute approximate surface area is 270 Å². The van der Waals surface area contributed by atoms with Crippen molar-refractivity contribution in [3.8, 4) is 0 Å². The summed E-state index contributed by atoms with van der Waals surface area (Å²) in [5.74, 6) is -2.28. The van der Waals surface area contributed by atoms with E-state index in [2.05, 4.69) is 16.0 Å². The van der Waals surface area contributed by atoms with Gasteiger partial charge in [0, 0.05) is 29.2 Å². The molecule has 3 aromatic rings. The Morgan fingerprint density at radius 3 is 1.76 bits per heavy atom. The van der Waals surface area contributed by atoms with Crippen LogP contribution in [-0.4, -0.2) is 36.7 Å². The highest BCUT2D eigenvalue weighted by molar-refractivity contribution is 6.33. The van der Waals surface area contributed by atoms with Crippen LogP contribution in [0.4, 0.5) is 13.2 Å². The fraction of sp³-hybridized carbons (Fsp3) is 0.314. The number of amides is 4. The van der Waals surface area contributed by atoms with Gasteiger partial charge in [-0.2, -0.15) is 0 Å². The van der Waals surface area contributed by atoms with Gasteiger partial charge in [-0.3, -0.25) is 29.8 Å². The van der Waals surface area contributed by atoms with Crippen LogP contribution in [0.25, 0.3) is 5.57 Å². The molecule has 240 valence electrons. The molecular formula is C35H33ClF3N3O4. The molecule has 2 aliphatic carbocycles. The summed E-state index contributed by atoms with van der Waals surface area (Å²) in [5, 5.41) is 7.66. The first-order valence-corrected chi connectivity index (χ1v) is 14.8. The molecule has 11 heteroatoms. The molecule has 4 amide bonds. The minimum absolute atomic E-state index is 0. The first-order chi connectivity index (χ1) is 21.4. The highest BCUT2D eigenvalue weighted by Crippen LogP contribution is 2.58. The highest BCUT2D eigenvalue weighted by Gasteiger charge is 2.70. The van der Waals surface area contributed by atoms with Crippen LogP contribution in [0.2, 0.25) is 0 Å². The minimum Gasteiger partial charge on any atom is -0.316 e. The predicted octanol–water partition coefficient (Wildman–Crippen LogP) is 4.64. The number of halogens is 4. The standard InChI is InChI=1S/C12H10FNO2.C12H14FN.C11H8FNO2.ClH/c1-6-2-3-7(9(13)4-6)12-5-8(12)10(15)14-11(12)16;1-8-2-3-10(11(13)4-8)12-5-9(12)6-14-7-12;1-6-2-3-7(9(12)4-6)8-5-10(14)13-11(8)15;/h2-4,8H,5H2,1H3,(H,14,15,16);2-4,9,14H,5-7H2,1H3;2-5H,1H3,(H,13,14,15);1H. The average Bonchev–Trinajstić information content (AvgIpc) is 3.77. The van der Waals surface area contributed by atoms with Crippen LogP contribution in [0, 0.1) is 50.1 Å². The maximum absolute atomic E-state index is 13.8. The topological polar surface area (TPSA) is 104 Å². The van der Waals surface area contributed by atoms with E-state index in [1.807, 2.05) is 19.1 Å². The molecule has 4 fully saturated rings. The first-order valence-electron chi connectivity index (χ1n) is 14.8. The number of benzene rings is 3. The lowest BCUT2D eigenvalue weighted by molar-refractivity contribution is -0.128. The normalized spacial score (nSPS) is 26.3. The molecule has 2 saturated heterocycles. The number of rotatable bonds is 3. The van der Waals surface area contributed by atoms with Crippen molar-refractivity contribution in [1.82, 2.24) is 16.0 Å². The highest BCUT2D eigenvalue weighted by atomic mass is 35.5. The Bertz CT molecular complexity index is 1830. The summed E-state index contributed by atoms with van der Waals surface area (Å²) in [6, 6.07) is 14.9. The zero-order valence-corrected chi connectivity index (χ0v) is 26.2. The van der Waals surface area contributed by atoms with Crippen molar-refractivity contribution in [3.63, 3.8) is 0 Å². The van der Waals surface area contributed by atoms with Gasteiger partial charge in [0.1, 0.15) is 17.5 Å². The van der Waals surface area contributed by atoms with E-state index in [1.54, 1.807) is 38.1 Å². The molecule has 0 radical (unpaired) electrons.